The Morgan fingerprint density at radius 3 is 2.53 bits per heavy atom. The van der Waals surface area contributed by atoms with Gasteiger partial charge in [-0.3, -0.25) is 9.59 Å². The summed E-state index contributed by atoms with van der Waals surface area (Å²) < 4.78 is 24.1. The Bertz CT molecular complexity index is 1050. The first-order valence-electron chi connectivity index (χ1n) is 11.1. The number of hydrogen-bond acceptors (Lipinski definition) is 8. The van der Waals surface area contributed by atoms with Crippen LogP contribution in [0, 0.1) is 17.1 Å². The van der Waals surface area contributed by atoms with Gasteiger partial charge in [0.15, 0.2) is 17.3 Å². The van der Waals surface area contributed by atoms with E-state index in [1.807, 2.05) is 0 Å². The Morgan fingerprint density at radius 1 is 1.15 bits per heavy atom. The van der Waals surface area contributed by atoms with Crippen molar-refractivity contribution in [2.45, 2.75) is 32.6 Å². The van der Waals surface area contributed by atoms with Crippen LogP contribution >= 0.6 is 0 Å². The molecule has 0 bridgehead atoms. The minimum absolute atomic E-state index is 0.0675. The number of carbonyl (C=O) groups excluding carboxylic acids is 2. The topological polar surface area (TPSA) is 109 Å². The largest absolute Gasteiger partial charge is 0.507 e. The summed E-state index contributed by atoms with van der Waals surface area (Å²) in [6.45, 7) is 2.70. The molecule has 0 unspecified atom stereocenters. The minimum Gasteiger partial charge on any atom is -0.507 e. The van der Waals surface area contributed by atoms with E-state index < -0.39 is 5.82 Å². The van der Waals surface area contributed by atoms with Gasteiger partial charge in [0.1, 0.15) is 11.6 Å². The Kier molecular flexibility index (Phi) is 8.59. The fraction of sp³-hybridized carbons (Fsp3) is 0.400. The van der Waals surface area contributed by atoms with Crippen LogP contribution in [0.1, 0.15) is 48.5 Å². The number of phenolic OH excluding ortho intramolecular Hbond substituents is 1. The molecule has 0 aromatic heterocycles. The van der Waals surface area contributed by atoms with Gasteiger partial charge in [0.2, 0.25) is 0 Å². The van der Waals surface area contributed by atoms with Crippen LogP contribution in [0.15, 0.2) is 36.4 Å². The summed E-state index contributed by atoms with van der Waals surface area (Å²) in [7, 11) is 1.50. The normalized spacial score (nSPS) is 14.4. The van der Waals surface area contributed by atoms with Crippen LogP contribution in [-0.4, -0.2) is 54.4 Å². The lowest BCUT2D eigenvalue weighted by atomic mass is 9.88. The lowest BCUT2D eigenvalue weighted by Gasteiger charge is -2.31. The van der Waals surface area contributed by atoms with Crippen molar-refractivity contribution in [2.24, 2.45) is 5.92 Å². The molecule has 1 aliphatic rings. The molecular weight excluding hydrogens is 443 g/mol. The summed E-state index contributed by atoms with van der Waals surface area (Å²) in [5.41, 5.74) is 1.11. The fourth-order valence-electron chi connectivity index (χ4n) is 3.78. The number of benzene rings is 2. The Balaban J connectivity index is 1.39. The monoisotopic (exact) mass is 472 g/mol. The van der Waals surface area contributed by atoms with Crippen LogP contribution in [0.2, 0.25) is 0 Å². The molecule has 1 aliphatic heterocycles. The van der Waals surface area contributed by atoms with Gasteiger partial charge in [0.05, 0.1) is 20.1 Å². The smallest absolute Gasteiger partial charge is 0.325 e. The molecule has 0 spiro atoms. The zero-order chi connectivity index (χ0) is 24.7. The van der Waals surface area contributed by atoms with Gasteiger partial charge in [0.25, 0.3) is 0 Å². The number of Topliss-reactive ketones (excluding diaryl/α,β-unsaturated/α-hetero) is 1. The molecule has 1 saturated heterocycles. The number of piperidine rings is 1. The molecule has 1 fully saturated rings. The van der Waals surface area contributed by atoms with Crippen molar-refractivity contribution >= 4 is 17.5 Å². The molecule has 3 rings (SSSR count). The summed E-state index contributed by atoms with van der Waals surface area (Å²) >= 11 is 0. The number of hydrogen-bond donors (Lipinski definition) is 2. The van der Waals surface area contributed by atoms with Crippen LogP contribution in [0.25, 0.3) is 0 Å². The van der Waals surface area contributed by atoms with Crippen LogP contribution in [0.4, 0.5) is 4.39 Å². The Labute approximate surface area is 197 Å². The number of phenols is 1. The zero-order valence-electron chi connectivity index (χ0n) is 19.3. The SMILES string of the molecule is COc1cc(C(C)=O)ccc1OCCCC(=O)ON1CCC(C(=N)c2ccc(F)cc2O)CC1. The highest BCUT2D eigenvalue weighted by Crippen LogP contribution is 2.29. The first kappa shape index (κ1) is 25.2. The third-order valence-electron chi connectivity index (χ3n) is 5.70. The number of hydroxylamine groups is 2. The predicted octanol–water partition coefficient (Wildman–Crippen LogP) is 4.14. The molecule has 34 heavy (non-hydrogen) atoms. The lowest BCUT2D eigenvalue weighted by Crippen LogP contribution is -2.37. The molecule has 2 N–H and O–H groups in total. The number of aromatic hydroxyl groups is 1. The van der Waals surface area contributed by atoms with Crippen LogP contribution < -0.4 is 9.47 Å². The first-order chi connectivity index (χ1) is 16.3. The third kappa shape index (κ3) is 6.54. The third-order valence-corrected chi connectivity index (χ3v) is 5.70. The maximum absolute atomic E-state index is 13.2. The van der Waals surface area contributed by atoms with Crippen molar-refractivity contribution < 1.29 is 33.4 Å². The maximum Gasteiger partial charge on any atom is 0.325 e. The summed E-state index contributed by atoms with van der Waals surface area (Å²) in [5, 5.41) is 19.8. The predicted molar refractivity (Wildman–Crippen MR) is 123 cm³/mol. The molecule has 0 amide bonds. The molecule has 2 aromatic carbocycles. The van der Waals surface area contributed by atoms with Crippen molar-refractivity contribution in [3.05, 3.63) is 53.3 Å². The maximum atomic E-state index is 13.2. The van der Waals surface area contributed by atoms with Crippen molar-refractivity contribution in [3.8, 4) is 17.2 Å². The zero-order valence-corrected chi connectivity index (χ0v) is 19.3. The van der Waals surface area contributed by atoms with E-state index in [1.54, 1.807) is 23.3 Å². The van der Waals surface area contributed by atoms with Gasteiger partial charge in [-0.1, -0.05) is 0 Å². The molecule has 8 nitrogen and oxygen atoms in total. The molecule has 2 aromatic rings. The van der Waals surface area contributed by atoms with E-state index in [0.717, 1.165) is 6.07 Å². The Morgan fingerprint density at radius 2 is 1.88 bits per heavy atom. The fourth-order valence-corrected chi connectivity index (χ4v) is 3.78. The number of nitrogens with one attached hydrogen (secondary N) is 1. The van der Waals surface area contributed by atoms with Crippen LogP contribution in [0.5, 0.6) is 17.2 Å². The molecule has 9 heteroatoms. The minimum atomic E-state index is -0.550. The summed E-state index contributed by atoms with van der Waals surface area (Å²) in [6, 6.07) is 8.58. The highest BCUT2D eigenvalue weighted by Gasteiger charge is 2.26. The molecule has 0 atom stereocenters. The molecule has 0 saturated carbocycles. The van der Waals surface area contributed by atoms with Crippen LogP contribution in [-0.2, 0) is 9.63 Å². The van der Waals surface area contributed by atoms with E-state index in [-0.39, 0.29) is 42.2 Å². The lowest BCUT2D eigenvalue weighted by molar-refractivity contribution is -0.195. The van der Waals surface area contributed by atoms with Crippen molar-refractivity contribution in [2.75, 3.05) is 26.8 Å². The highest BCUT2D eigenvalue weighted by atomic mass is 19.1. The Hall–Kier alpha value is -3.46. The number of ether oxygens (including phenoxy) is 2. The van der Waals surface area contributed by atoms with E-state index in [1.165, 1.54) is 26.2 Å². The number of nitrogens with zero attached hydrogens (tertiary/aromatic N) is 1. The number of rotatable bonds is 10. The van der Waals surface area contributed by atoms with Gasteiger partial charge < -0.3 is 24.8 Å². The van der Waals surface area contributed by atoms with Gasteiger partial charge >= 0.3 is 5.97 Å². The van der Waals surface area contributed by atoms with Gasteiger partial charge in [-0.15, -0.1) is 5.06 Å². The second-order valence-electron chi connectivity index (χ2n) is 8.12. The molecular formula is C25H29FN2O6. The van der Waals surface area contributed by atoms with E-state index in [9.17, 15) is 19.1 Å². The van der Waals surface area contributed by atoms with Gasteiger partial charge in [-0.25, -0.2) is 4.39 Å². The quantitative estimate of drug-likeness (QED) is 0.304. The van der Waals surface area contributed by atoms with E-state index >= 15 is 0 Å². The summed E-state index contributed by atoms with van der Waals surface area (Å²) in [4.78, 5) is 29.1. The standard InChI is InChI=1S/C25H29FN2O6/c1-16(29)18-5-8-22(23(14-18)32-2)33-13-3-4-24(31)34-28-11-9-17(10-12-28)25(27)20-7-6-19(26)15-21(20)30/h5-8,14-15,17,27,30H,3-4,9-13H2,1-2H3. The van der Waals surface area contributed by atoms with E-state index in [4.69, 9.17) is 19.7 Å². The second-order valence-corrected chi connectivity index (χ2v) is 8.12. The van der Waals surface area contributed by atoms with Crippen molar-refractivity contribution in [3.63, 3.8) is 0 Å². The number of carbonyl (C=O) groups is 2. The highest BCUT2D eigenvalue weighted by molar-refractivity contribution is 6.02. The van der Waals surface area contributed by atoms with E-state index in [2.05, 4.69) is 0 Å². The first-order valence-corrected chi connectivity index (χ1v) is 11.1. The summed E-state index contributed by atoms with van der Waals surface area (Å²) in [6.07, 6.45) is 1.79. The van der Waals surface area contributed by atoms with Gasteiger partial charge in [0, 0.05) is 41.9 Å². The number of ketones is 1. The molecule has 0 aliphatic carbocycles. The van der Waals surface area contributed by atoms with Crippen LogP contribution in [0.3, 0.4) is 0 Å². The molecule has 1 heterocycles. The van der Waals surface area contributed by atoms with Gasteiger partial charge in [-0.2, -0.15) is 0 Å². The average molecular weight is 473 g/mol. The summed E-state index contributed by atoms with van der Waals surface area (Å²) in [5.74, 6) is -0.381. The van der Waals surface area contributed by atoms with Crippen molar-refractivity contribution in [1.29, 1.82) is 5.41 Å². The molecule has 182 valence electrons. The number of methoxy groups -OCH3 is 1. The second kappa shape index (κ2) is 11.6. The molecule has 0 radical (unpaired) electrons. The number of halogens is 1. The van der Waals surface area contributed by atoms with E-state index in [0.29, 0.717) is 55.0 Å². The average Bonchev–Trinajstić information content (AvgIpc) is 2.82. The van der Waals surface area contributed by atoms with Crippen molar-refractivity contribution in [1.82, 2.24) is 5.06 Å². The van der Waals surface area contributed by atoms with Gasteiger partial charge in [-0.05, 0) is 56.5 Å².